The molecular formula is C23H21Cl2N3O3. The molecule has 0 bridgehead atoms. The number of nitrogens with zero attached hydrogens (tertiary/aromatic N) is 2. The van der Waals surface area contributed by atoms with Crippen LogP contribution in [0.25, 0.3) is 10.9 Å². The van der Waals surface area contributed by atoms with E-state index < -0.39 is 6.04 Å². The van der Waals surface area contributed by atoms with Crippen LogP contribution < -0.4 is 9.64 Å². The summed E-state index contributed by atoms with van der Waals surface area (Å²) < 4.78 is 5.37. The summed E-state index contributed by atoms with van der Waals surface area (Å²) in [5, 5.41) is 2.26. The molecule has 8 heteroatoms. The minimum Gasteiger partial charge on any atom is -0.495 e. The van der Waals surface area contributed by atoms with E-state index in [1.165, 1.54) is 17.6 Å². The second kappa shape index (κ2) is 7.55. The second-order valence-electron chi connectivity index (χ2n) is 7.97. The number of H-pyrrole nitrogens is 1. The van der Waals surface area contributed by atoms with Crippen LogP contribution in [0.4, 0.5) is 5.69 Å². The van der Waals surface area contributed by atoms with Gasteiger partial charge in [-0.3, -0.25) is 14.5 Å². The zero-order valence-corrected chi connectivity index (χ0v) is 18.6. The van der Waals surface area contributed by atoms with Crippen LogP contribution in [-0.4, -0.2) is 41.4 Å². The number of hydrogen-bond donors (Lipinski definition) is 1. The van der Waals surface area contributed by atoms with E-state index in [1.807, 2.05) is 18.2 Å². The van der Waals surface area contributed by atoms with E-state index >= 15 is 0 Å². The third-order valence-corrected chi connectivity index (χ3v) is 6.81. The zero-order chi connectivity index (χ0) is 21.9. The molecule has 0 spiro atoms. The van der Waals surface area contributed by atoms with Crippen molar-refractivity contribution in [3.63, 3.8) is 0 Å². The number of ether oxygens (including phenoxy) is 1. The monoisotopic (exact) mass is 457 g/mol. The van der Waals surface area contributed by atoms with Crippen LogP contribution in [0.5, 0.6) is 5.75 Å². The van der Waals surface area contributed by atoms with Crippen molar-refractivity contribution in [2.45, 2.75) is 31.8 Å². The zero-order valence-electron chi connectivity index (χ0n) is 17.1. The first kappa shape index (κ1) is 20.4. The summed E-state index contributed by atoms with van der Waals surface area (Å²) in [7, 11) is 1.51. The fourth-order valence-electron chi connectivity index (χ4n) is 4.86. The molecule has 0 aliphatic carbocycles. The van der Waals surface area contributed by atoms with Crippen molar-refractivity contribution in [1.29, 1.82) is 0 Å². The first-order valence-electron chi connectivity index (χ1n) is 10.1. The lowest BCUT2D eigenvalue weighted by Crippen LogP contribution is -2.46. The average Bonchev–Trinajstić information content (AvgIpc) is 3.25. The molecule has 0 radical (unpaired) electrons. The number of methoxy groups -OCH3 is 1. The third kappa shape index (κ3) is 3.21. The Morgan fingerprint density at radius 1 is 1.10 bits per heavy atom. The van der Waals surface area contributed by atoms with E-state index in [0.717, 1.165) is 23.0 Å². The Morgan fingerprint density at radius 3 is 2.61 bits per heavy atom. The smallest absolute Gasteiger partial charge is 0.251 e. The van der Waals surface area contributed by atoms with Gasteiger partial charge in [0.05, 0.1) is 25.3 Å². The number of amides is 2. The Labute approximate surface area is 189 Å². The molecule has 5 rings (SSSR count). The molecule has 160 valence electrons. The highest BCUT2D eigenvalue weighted by Crippen LogP contribution is 2.40. The summed E-state index contributed by atoms with van der Waals surface area (Å²) in [5.74, 6) is -0.0646. The summed E-state index contributed by atoms with van der Waals surface area (Å²) in [6.07, 6.45) is 0.901. The van der Waals surface area contributed by atoms with Crippen LogP contribution >= 0.6 is 23.2 Å². The molecule has 2 aliphatic heterocycles. The van der Waals surface area contributed by atoms with Crippen LogP contribution in [0.2, 0.25) is 10.0 Å². The number of hydrogen-bond acceptors (Lipinski definition) is 4. The second-order valence-corrected chi connectivity index (χ2v) is 8.85. The molecule has 31 heavy (non-hydrogen) atoms. The first-order chi connectivity index (χ1) is 14.9. The van der Waals surface area contributed by atoms with Gasteiger partial charge < -0.3 is 9.72 Å². The third-order valence-electron chi connectivity index (χ3n) is 6.34. The molecule has 1 aromatic heterocycles. The van der Waals surface area contributed by atoms with E-state index in [1.54, 1.807) is 18.2 Å². The van der Waals surface area contributed by atoms with Crippen molar-refractivity contribution in [3.8, 4) is 5.75 Å². The molecule has 3 aromatic rings. The Balaban J connectivity index is 1.48. The van der Waals surface area contributed by atoms with Crippen LogP contribution in [0.1, 0.15) is 30.6 Å². The van der Waals surface area contributed by atoms with Gasteiger partial charge in [-0.2, -0.15) is 0 Å². The SMILES string of the molecule is COc1ccc(Cl)cc1N1C(=O)CC(N2CCc3c([nH]c4ccc(Cl)cc34)C2C)C1=O. The van der Waals surface area contributed by atoms with Crippen molar-refractivity contribution >= 4 is 51.6 Å². The lowest BCUT2D eigenvalue weighted by atomic mass is 9.96. The van der Waals surface area contributed by atoms with Gasteiger partial charge in [0.1, 0.15) is 5.75 Å². The number of nitrogens with one attached hydrogen (secondary N) is 1. The summed E-state index contributed by atoms with van der Waals surface area (Å²) in [6.45, 7) is 2.74. The fraction of sp³-hybridized carbons (Fsp3) is 0.304. The molecule has 2 aromatic carbocycles. The van der Waals surface area contributed by atoms with Crippen molar-refractivity contribution in [2.24, 2.45) is 0 Å². The van der Waals surface area contributed by atoms with E-state index in [9.17, 15) is 9.59 Å². The molecule has 1 saturated heterocycles. The summed E-state index contributed by atoms with van der Waals surface area (Å²) >= 11 is 12.3. The maximum atomic E-state index is 13.4. The molecule has 2 unspecified atom stereocenters. The van der Waals surface area contributed by atoms with Crippen molar-refractivity contribution in [2.75, 3.05) is 18.6 Å². The maximum absolute atomic E-state index is 13.4. The molecule has 1 N–H and O–H groups in total. The Kier molecular flexibility index (Phi) is 4.96. The minimum absolute atomic E-state index is 0.0436. The molecule has 0 saturated carbocycles. The van der Waals surface area contributed by atoms with Gasteiger partial charge in [-0.15, -0.1) is 0 Å². The average molecular weight is 458 g/mol. The van der Waals surface area contributed by atoms with E-state index in [0.29, 0.717) is 28.0 Å². The lowest BCUT2D eigenvalue weighted by molar-refractivity contribution is -0.123. The number of carbonyl (C=O) groups excluding carboxylic acids is 2. The van der Waals surface area contributed by atoms with Gasteiger partial charge in [0.25, 0.3) is 5.91 Å². The largest absolute Gasteiger partial charge is 0.495 e. The number of anilines is 1. The number of halogens is 2. The molecule has 2 aliphatic rings. The summed E-state index contributed by atoms with van der Waals surface area (Å²) in [4.78, 5) is 33.1. The molecule has 2 amide bonds. The fourth-order valence-corrected chi connectivity index (χ4v) is 5.20. The van der Waals surface area contributed by atoms with Gasteiger partial charge in [-0.1, -0.05) is 23.2 Å². The molecular weight excluding hydrogens is 437 g/mol. The van der Waals surface area contributed by atoms with E-state index in [2.05, 4.69) is 16.8 Å². The molecule has 2 atom stereocenters. The van der Waals surface area contributed by atoms with Crippen molar-refractivity contribution in [3.05, 3.63) is 57.7 Å². The highest BCUT2D eigenvalue weighted by Gasteiger charge is 2.46. The number of aromatic nitrogens is 1. The Hall–Kier alpha value is -2.54. The van der Waals surface area contributed by atoms with Crippen LogP contribution in [0.3, 0.4) is 0 Å². The lowest BCUT2D eigenvalue weighted by Gasteiger charge is -2.36. The van der Waals surface area contributed by atoms with Gasteiger partial charge in [0.15, 0.2) is 0 Å². The Bertz CT molecular complexity index is 1220. The number of benzene rings is 2. The van der Waals surface area contributed by atoms with Crippen molar-refractivity contribution < 1.29 is 14.3 Å². The summed E-state index contributed by atoms with van der Waals surface area (Å²) in [6, 6.07) is 10.2. The van der Waals surface area contributed by atoms with Crippen LogP contribution in [0.15, 0.2) is 36.4 Å². The minimum atomic E-state index is -0.533. The number of imide groups is 1. The quantitative estimate of drug-likeness (QED) is 0.577. The van der Waals surface area contributed by atoms with Gasteiger partial charge in [-0.25, -0.2) is 4.90 Å². The predicted octanol–water partition coefficient (Wildman–Crippen LogP) is 4.73. The number of rotatable bonds is 3. The number of carbonyl (C=O) groups is 2. The van der Waals surface area contributed by atoms with E-state index in [-0.39, 0.29) is 24.3 Å². The van der Waals surface area contributed by atoms with Crippen LogP contribution in [0, 0.1) is 0 Å². The van der Waals surface area contributed by atoms with Gasteiger partial charge in [0, 0.05) is 39.2 Å². The normalized spacial score (nSPS) is 21.7. The Morgan fingerprint density at radius 2 is 1.84 bits per heavy atom. The number of fused-ring (bicyclic) bond motifs is 3. The molecule has 1 fully saturated rings. The number of aromatic amines is 1. The topological polar surface area (TPSA) is 65.6 Å². The highest BCUT2D eigenvalue weighted by atomic mass is 35.5. The first-order valence-corrected chi connectivity index (χ1v) is 10.9. The van der Waals surface area contributed by atoms with Crippen LogP contribution in [-0.2, 0) is 16.0 Å². The van der Waals surface area contributed by atoms with Gasteiger partial charge in [0.2, 0.25) is 5.91 Å². The van der Waals surface area contributed by atoms with Crippen molar-refractivity contribution in [1.82, 2.24) is 9.88 Å². The summed E-state index contributed by atoms with van der Waals surface area (Å²) in [5.41, 5.74) is 3.72. The maximum Gasteiger partial charge on any atom is 0.251 e. The highest BCUT2D eigenvalue weighted by molar-refractivity contribution is 6.32. The standard InChI is InChI=1S/C23H21Cl2N3O3/c1-12-22-15(16-9-13(24)3-5-17(16)26-22)7-8-27(12)19-11-21(29)28(23(19)30)18-10-14(25)4-6-20(18)31-2/h3-6,9-10,12,19,26H,7-8,11H2,1-2H3. The molecule has 3 heterocycles. The molecule has 6 nitrogen and oxygen atoms in total. The van der Waals surface area contributed by atoms with Gasteiger partial charge >= 0.3 is 0 Å². The van der Waals surface area contributed by atoms with Gasteiger partial charge in [-0.05, 0) is 55.3 Å². The predicted molar refractivity (Wildman–Crippen MR) is 121 cm³/mol. The van der Waals surface area contributed by atoms with E-state index in [4.69, 9.17) is 27.9 Å².